The van der Waals surface area contributed by atoms with Crippen molar-refractivity contribution in [1.82, 2.24) is 9.58 Å². The number of fused-ring (bicyclic) bond motifs is 3. The van der Waals surface area contributed by atoms with E-state index in [9.17, 15) is 9.59 Å². The van der Waals surface area contributed by atoms with Crippen LogP contribution in [-0.2, 0) is 5.75 Å². The van der Waals surface area contributed by atoms with Crippen molar-refractivity contribution in [3.05, 3.63) is 98.5 Å². The Balaban J connectivity index is 1.80. The SMILES string of the molecule is Cc1cccc2c1SCc1ccccc1C2N1CN(C(C)C)C(=O)c2c(C)c(=O)ccn21. The highest BCUT2D eigenvalue weighted by molar-refractivity contribution is 7.98. The third-order valence-electron chi connectivity index (χ3n) is 6.54. The number of nitrogens with zero attached hydrogens (tertiary/aromatic N) is 3. The highest BCUT2D eigenvalue weighted by Crippen LogP contribution is 2.44. The summed E-state index contributed by atoms with van der Waals surface area (Å²) in [5.41, 5.74) is 5.88. The van der Waals surface area contributed by atoms with Gasteiger partial charge in [-0.1, -0.05) is 42.5 Å². The van der Waals surface area contributed by atoms with E-state index in [0.29, 0.717) is 17.9 Å². The fourth-order valence-corrected chi connectivity index (χ4v) is 5.99. The summed E-state index contributed by atoms with van der Waals surface area (Å²) in [6.45, 7) is 8.41. The summed E-state index contributed by atoms with van der Waals surface area (Å²) in [6, 6.07) is 16.6. The van der Waals surface area contributed by atoms with Crippen molar-refractivity contribution in [1.29, 1.82) is 0 Å². The van der Waals surface area contributed by atoms with Crippen LogP contribution >= 0.6 is 11.8 Å². The van der Waals surface area contributed by atoms with Gasteiger partial charge in [0.25, 0.3) is 5.91 Å². The predicted molar refractivity (Wildman–Crippen MR) is 129 cm³/mol. The van der Waals surface area contributed by atoms with E-state index in [-0.39, 0.29) is 23.4 Å². The number of carbonyl (C=O) groups excluding carboxylic acids is 1. The lowest BCUT2D eigenvalue weighted by Gasteiger charge is -2.46. The number of aryl methyl sites for hydroxylation is 1. The van der Waals surface area contributed by atoms with Crippen LogP contribution in [0.1, 0.15) is 58.2 Å². The molecule has 32 heavy (non-hydrogen) atoms. The molecule has 1 atom stereocenters. The van der Waals surface area contributed by atoms with Gasteiger partial charge in [-0.2, -0.15) is 0 Å². The molecule has 1 unspecified atom stereocenters. The Hall–Kier alpha value is -2.99. The molecule has 164 valence electrons. The van der Waals surface area contributed by atoms with Crippen molar-refractivity contribution < 1.29 is 4.79 Å². The first-order chi connectivity index (χ1) is 15.4. The van der Waals surface area contributed by atoms with Crippen molar-refractivity contribution in [2.45, 2.75) is 50.4 Å². The maximum atomic E-state index is 13.4. The minimum absolute atomic E-state index is 0.0147. The average Bonchev–Trinajstić information content (AvgIpc) is 2.94. The normalized spacial score (nSPS) is 17.7. The zero-order valence-corrected chi connectivity index (χ0v) is 19.6. The van der Waals surface area contributed by atoms with Gasteiger partial charge in [0.05, 0.1) is 6.04 Å². The molecule has 0 spiro atoms. The van der Waals surface area contributed by atoms with Gasteiger partial charge < -0.3 is 4.90 Å². The van der Waals surface area contributed by atoms with Gasteiger partial charge >= 0.3 is 0 Å². The number of hydrogen-bond acceptors (Lipinski definition) is 4. The first-order valence-electron chi connectivity index (χ1n) is 11.0. The Kier molecular flexibility index (Phi) is 5.13. The minimum atomic E-state index is -0.108. The van der Waals surface area contributed by atoms with Crippen LogP contribution in [0.4, 0.5) is 0 Å². The highest BCUT2D eigenvalue weighted by Gasteiger charge is 2.38. The Labute approximate surface area is 192 Å². The summed E-state index contributed by atoms with van der Waals surface area (Å²) in [4.78, 5) is 29.0. The topological polar surface area (TPSA) is 45.6 Å². The van der Waals surface area contributed by atoms with Crippen molar-refractivity contribution in [2.75, 3.05) is 11.7 Å². The van der Waals surface area contributed by atoms with E-state index in [1.807, 2.05) is 35.2 Å². The van der Waals surface area contributed by atoms with E-state index in [1.54, 1.807) is 19.2 Å². The third-order valence-corrected chi connectivity index (χ3v) is 7.84. The minimum Gasteiger partial charge on any atom is -0.316 e. The molecule has 3 aromatic rings. The molecule has 1 amide bonds. The van der Waals surface area contributed by atoms with Gasteiger partial charge in [-0.3, -0.25) is 19.3 Å². The lowest BCUT2D eigenvalue weighted by atomic mass is 9.93. The quantitative estimate of drug-likeness (QED) is 0.577. The number of carbonyl (C=O) groups is 1. The van der Waals surface area contributed by atoms with E-state index in [1.165, 1.54) is 27.1 Å². The van der Waals surface area contributed by atoms with Crippen LogP contribution in [0, 0.1) is 13.8 Å². The monoisotopic (exact) mass is 445 g/mol. The van der Waals surface area contributed by atoms with Crippen LogP contribution < -0.4 is 10.4 Å². The molecular formula is C26H27N3O2S. The Bertz CT molecular complexity index is 1280. The molecule has 0 N–H and O–H groups in total. The summed E-state index contributed by atoms with van der Waals surface area (Å²) in [5.74, 6) is 0.813. The summed E-state index contributed by atoms with van der Waals surface area (Å²) >= 11 is 1.87. The lowest BCUT2D eigenvalue weighted by Crippen LogP contribution is -2.57. The molecular weight excluding hydrogens is 418 g/mol. The van der Waals surface area contributed by atoms with Gasteiger partial charge in [-0.25, -0.2) is 0 Å². The number of rotatable bonds is 2. The molecule has 0 bridgehead atoms. The van der Waals surface area contributed by atoms with Crippen LogP contribution in [-0.4, -0.2) is 28.2 Å². The third kappa shape index (κ3) is 3.16. The van der Waals surface area contributed by atoms with Crippen molar-refractivity contribution >= 4 is 17.7 Å². The Morgan fingerprint density at radius 2 is 1.72 bits per heavy atom. The maximum Gasteiger partial charge on any atom is 0.274 e. The average molecular weight is 446 g/mol. The lowest BCUT2D eigenvalue weighted by molar-refractivity contribution is 0.0625. The summed E-state index contributed by atoms with van der Waals surface area (Å²) in [5, 5.41) is 2.24. The van der Waals surface area contributed by atoms with E-state index >= 15 is 0 Å². The first kappa shape index (κ1) is 20.9. The van der Waals surface area contributed by atoms with Crippen LogP contribution in [0.2, 0.25) is 0 Å². The number of thioether (sulfide) groups is 1. The molecule has 2 aliphatic heterocycles. The number of pyridine rings is 1. The molecule has 5 nitrogen and oxygen atoms in total. The first-order valence-corrected chi connectivity index (χ1v) is 12.0. The van der Waals surface area contributed by atoms with Gasteiger partial charge in [0, 0.05) is 34.5 Å². The Morgan fingerprint density at radius 1 is 0.969 bits per heavy atom. The molecule has 0 saturated heterocycles. The second kappa shape index (κ2) is 7.85. The standard InChI is InChI=1S/C26H27N3O2S/c1-16(2)27-15-29(28-13-12-22(30)18(4)23(28)26(27)31)24-20-10-6-5-9-19(20)14-32-25-17(3)8-7-11-21(24)25/h5-13,16,24H,14-15H2,1-4H3. The molecule has 0 aliphatic carbocycles. The second-order valence-electron chi connectivity index (χ2n) is 8.83. The molecule has 5 rings (SSSR count). The summed E-state index contributed by atoms with van der Waals surface area (Å²) in [6.07, 6.45) is 1.76. The molecule has 0 saturated carbocycles. The summed E-state index contributed by atoms with van der Waals surface area (Å²) in [7, 11) is 0. The van der Waals surface area contributed by atoms with Gasteiger partial charge in [0.2, 0.25) is 0 Å². The molecule has 6 heteroatoms. The second-order valence-corrected chi connectivity index (χ2v) is 9.82. The molecule has 3 heterocycles. The van der Waals surface area contributed by atoms with Crippen LogP contribution in [0.3, 0.4) is 0 Å². The molecule has 2 aromatic carbocycles. The zero-order chi connectivity index (χ0) is 22.6. The zero-order valence-electron chi connectivity index (χ0n) is 18.8. The largest absolute Gasteiger partial charge is 0.316 e. The smallest absolute Gasteiger partial charge is 0.274 e. The van der Waals surface area contributed by atoms with E-state index in [4.69, 9.17) is 0 Å². The number of hydrogen-bond donors (Lipinski definition) is 0. The van der Waals surface area contributed by atoms with E-state index in [0.717, 1.165) is 5.75 Å². The molecule has 1 aromatic heterocycles. The van der Waals surface area contributed by atoms with Crippen LogP contribution in [0.15, 0.2) is 64.4 Å². The fourth-order valence-electron chi connectivity index (χ4n) is 4.79. The number of amides is 1. The number of benzene rings is 2. The van der Waals surface area contributed by atoms with Gasteiger partial charge in [-0.05, 0) is 49.9 Å². The van der Waals surface area contributed by atoms with Crippen molar-refractivity contribution in [2.24, 2.45) is 0 Å². The van der Waals surface area contributed by atoms with Crippen LogP contribution in [0.25, 0.3) is 0 Å². The number of aromatic nitrogens is 1. The van der Waals surface area contributed by atoms with Gasteiger partial charge in [-0.15, -0.1) is 11.8 Å². The molecule has 0 radical (unpaired) electrons. The van der Waals surface area contributed by atoms with E-state index in [2.05, 4.69) is 54.4 Å². The fraction of sp³-hybridized carbons (Fsp3) is 0.308. The summed E-state index contributed by atoms with van der Waals surface area (Å²) < 4.78 is 1.92. The van der Waals surface area contributed by atoms with Gasteiger partial charge in [0.1, 0.15) is 12.4 Å². The molecule has 0 fully saturated rings. The van der Waals surface area contributed by atoms with Crippen LogP contribution in [0.5, 0.6) is 0 Å². The van der Waals surface area contributed by atoms with Crippen molar-refractivity contribution in [3.8, 4) is 0 Å². The Morgan fingerprint density at radius 3 is 2.50 bits per heavy atom. The van der Waals surface area contributed by atoms with Gasteiger partial charge in [0.15, 0.2) is 5.43 Å². The maximum absolute atomic E-state index is 13.4. The van der Waals surface area contributed by atoms with E-state index < -0.39 is 0 Å². The van der Waals surface area contributed by atoms with Crippen molar-refractivity contribution in [3.63, 3.8) is 0 Å². The highest BCUT2D eigenvalue weighted by atomic mass is 32.2. The predicted octanol–water partition coefficient (Wildman–Crippen LogP) is 4.62. The molecule has 2 aliphatic rings.